The molecule has 0 aromatic heterocycles. The van der Waals surface area contributed by atoms with Crippen LogP contribution in [0.4, 0.5) is 5.69 Å². The molecule has 0 unspecified atom stereocenters. The van der Waals surface area contributed by atoms with Crippen molar-refractivity contribution >= 4 is 21.6 Å². The molecule has 2 aromatic carbocycles. The molecule has 2 aromatic rings. The van der Waals surface area contributed by atoms with Gasteiger partial charge in [0.05, 0.1) is 10.6 Å². The standard InChI is InChI=1S/C22H29N3O3S/c1-4-25(20-12-13-20)15-14-23-22(26)18-6-5-7-21(16-18)29(27,28)24(3)19-10-8-17(2)9-11-19/h5-11,16,20H,4,12-15H2,1-3H3,(H,23,26). The topological polar surface area (TPSA) is 69.7 Å². The van der Waals surface area contributed by atoms with Crippen molar-refractivity contribution in [1.82, 2.24) is 10.2 Å². The quantitative estimate of drug-likeness (QED) is 0.683. The number of sulfonamides is 1. The van der Waals surface area contributed by atoms with Crippen molar-refractivity contribution in [3.63, 3.8) is 0 Å². The van der Waals surface area contributed by atoms with Crippen LogP contribution >= 0.6 is 0 Å². The highest BCUT2D eigenvalue weighted by molar-refractivity contribution is 7.92. The average molecular weight is 416 g/mol. The SMILES string of the molecule is CCN(CCNC(=O)c1cccc(S(=O)(=O)N(C)c2ccc(C)cc2)c1)C1CC1. The third-order valence-corrected chi connectivity index (χ3v) is 7.09. The molecule has 6 nitrogen and oxygen atoms in total. The zero-order chi connectivity index (χ0) is 21.0. The third-order valence-electron chi connectivity index (χ3n) is 5.31. The summed E-state index contributed by atoms with van der Waals surface area (Å²) in [6.07, 6.45) is 2.46. The van der Waals surface area contributed by atoms with Gasteiger partial charge in [0, 0.05) is 31.7 Å². The van der Waals surface area contributed by atoms with Gasteiger partial charge in [-0.25, -0.2) is 8.42 Å². The van der Waals surface area contributed by atoms with Crippen LogP contribution in [0, 0.1) is 6.92 Å². The van der Waals surface area contributed by atoms with Gasteiger partial charge in [-0.15, -0.1) is 0 Å². The number of hydrogen-bond acceptors (Lipinski definition) is 4. The minimum atomic E-state index is -3.76. The van der Waals surface area contributed by atoms with E-state index < -0.39 is 10.0 Å². The van der Waals surface area contributed by atoms with Crippen molar-refractivity contribution in [2.45, 2.75) is 37.6 Å². The Morgan fingerprint density at radius 2 is 1.83 bits per heavy atom. The van der Waals surface area contributed by atoms with Crippen molar-refractivity contribution in [2.75, 3.05) is 31.0 Å². The number of carbonyl (C=O) groups is 1. The number of anilines is 1. The molecule has 156 valence electrons. The van der Waals surface area contributed by atoms with Gasteiger partial charge in [0.1, 0.15) is 0 Å². The first-order valence-electron chi connectivity index (χ1n) is 10.0. The van der Waals surface area contributed by atoms with Crippen LogP contribution in [-0.2, 0) is 10.0 Å². The lowest BCUT2D eigenvalue weighted by Crippen LogP contribution is -2.36. The van der Waals surface area contributed by atoms with Crippen molar-refractivity contribution in [1.29, 1.82) is 0 Å². The monoisotopic (exact) mass is 415 g/mol. The molecule has 7 heteroatoms. The number of amides is 1. The van der Waals surface area contributed by atoms with Crippen molar-refractivity contribution < 1.29 is 13.2 Å². The van der Waals surface area contributed by atoms with E-state index in [1.54, 1.807) is 24.3 Å². The number of rotatable bonds is 9. The van der Waals surface area contributed by atoms with E-state index in [1.807, 2.05) is 19.1 Å². The molecule has 0 bridgehead atoms. The van der Waals surface area contributed by atoms with Gasteiger partial charge in [-0.05, 0) is 56.6 Å². The molecule has 0 saturated heterocycles. The molecule has 29 heavy (non-hydrogen) atoms. The maximum Gasteiger partial charge on any atom is 0.264 e. The summed E-state index contributed by atoms with van der Waals surface area (Å²) in [5, 5.41) is 2.90. The first-order valence-corrected chi connectivity index (χ1v) is 11.4. The largest absolute Gasteiger partial charge is 0.351 e. The van der Waals surface area contributed by atoms with E-state index in [0.717, 1.165) is 18.7 Å². The number of nitrogens with one attached hydrogen (secondary N) is 1. The Bertz CT molecular complexity index is 954. The molecule has 1 aliphatic carbocycles. The summed E-state index contributed by atoms with van der Waals surface area (Å²) in [5.41, 5.74) is 1.98. The fraction of sp³-hybridized carbons (Fsp3) is 0.409. The maximum atomic E-state index is 13.0. The predicted molar refractivity (Wildman–Crippen MR) is 116 cm³/mol. The van der Waals surface area contributed by atoms with Crippen molar-refractivity contribution in [3.8, 4) is 0 Å². The summed E-state index contributed by atoms with van der Waals surface area (Å²) in [6, 6.07) is 14.1. The normalized spacial score (nSPS) is 14.1. The van der Waals surface area contributed by atoms with E-state index in [-0.39, 0.29) is 10.8 Å². The van der Waals surface area contributed by atoms with Crippen LogP contribution in [0.15, 0.2) is 53.4 Å². The van der Waals surface area contributed by atoms with Gasteiger partial charge in [-0.3, -0.25) is 14.0 Å². The van der Waals surface area contributed by atoms with Crippen molar-refractivity contribution in [2.24, 2.45) is 0 Å². The lowest BCUT2D eigenvalue weighted by atomic mass is 10.2. The Labute approximate surface area is 173 Å². The molecule has 0 spiro atoms. The highest BCUT2D eigenvalue weighted by atomic mass is 32.2. The van der Waals surface area contributed by atoms with E-state index >= 15 is 0 Å². The molecule has 0 radical (unpaired) electrons. The second kappa shape index (κ2) is 8.97. The lowest BCUT2D eigenvalue weighted by Gasteiger charge is -2.20. The molecule has 3 rings (SSSR count). The van der Waals surface area contributed by atoms with Gasteiger partial charge in [0.15, 0.2) is 0 Å². The first-order chi connectivity index (χ1) is 13.8. The van der Waals surface area contributed by atoms with E-state index in [0.29, 0.717) is 23.8 Å². The summed E-state index contributed by atoms with van der Waals surface area (Å²) < 4.78 is 27.2. The number of nitrogens with zero attached hydrogens (tertiary/aromatic N) is 2. The molecule has 1 N–H and O–H groups in total. The minimum absolute atomic E-state index is 0.0985. The zero-order valence-corrected chi connectivity index (χ0v) is 18.1. The fourth-order valence-corrected chi connectivity index (χ4v) is 4.54. The van der Waals surface area contributed by atoms with Crippen LogP contribution in [0.1, 0.15) is 35.7 Å². The predicted octanol–water partition coefficient (Wildman–Crippen LogP) is 3.03. The molecule has 0 heterocycles. The number of benzene rings is 2. The van der Waals surface area contributed by atoms with Crippen LogP contribution < -0.4 is 9.62 Å². The molecule has 1 amide bonds. The molecule has 1 aliphatic rings. The van der Waals surface area contributed by atoms with E-state index in [4.69, 9.17) is 0 Å². The Hall–Kier alpha value is -2.38. The molecular formula is C22H29N3O3S. The van der Waals surface area contributed by atoms with Crippen molar-refractivity contribution in [3.05, 3.63) is 59.7 Å². The van der Waals surface area contributed by atoms with E-state index in [1.165, 1.54) is 36.3 Å². The first kappa shape index (κ1) is 21.3. The summed E-state index contributed by atoms with van der Waals surface area (Å²) >= 11 is 0. The van der Waals surface area contributed by atoms with Crippen LogP contribution in [0.2, 0.25) is 0 Å². The zero-order valence-electron chi connectivity index (χ0n) is 17.3. The number of hydrogen-bond donors (Lipinski definition) is 1. The molecule has 1 saturated carbocycles. The summed E-state index contributed by atoms with van der Waals surface area (Å²) in [7, 11) is -2.24. The van der Waals surface area contributed by atoms with Crippen LogP contribution in [0.25, 0.3) is 0 Å². The van der Waals surface area contributed by atoms with Gasteiger partial charge in [0.2, 0.25) is 0 Å². The summed E-state index contributed by atoms with van der Waals surface area (Å²) in [6.45, 7) is 6.40. The number of aryl methyl sites for hydroxylation is 1. The second-order valence-corrected chi connectivity index (χ2v) is 9.42. The lowest BCUT2D eigenvalue weighted by molar-refractivity contribution is 0.0947. The van der Waals surface area contributed by atoms with Crippen LogP contribution in [0.3, 0.4) is 0 Å². The smallest absolute Gasteiger partial charge is 0.264 e. The summed E-state index contributed by atoms with van der Waals surface area (Å²) in [4.78, 5) is 15.0. The molecule has 0 atom stereocenters. The minimum Gasteiger partial charge on any atom is -0.351 e. The van der Waals surface area contributed by atoms with E-state index in [2.05, 4.69) is 17.1 Å². The summed E-state index contributed by atoms with van der Waals surface area (Å²) in [5.74, 6) is -0.258. The highest BCUT2D eigenvalue weighted by Crippen LogP contribution is 2.26. The number of likely N-dealkylation sites (N-methyl/N-ethyl adjacent to an activating group) is 1. The molecular weight excluding hydrogens is 386 g/mol. The van der Waals surface area contributed by atoms with E-state index in [9.17, 15) is 13.2 Å². The van der Waals surface area contributed by atoms with Gasteiger partial charge >= 0.3 is 0 Å². The molecule has 0 aliphatic heterocycles. The maximum absolute atomic E-state index is 13.0. The number of carbonyl (C=O) groups excluding carboxylic acids is 1. The van der Waals surface area contributed by atoms with Crippen LogP contribution in [0.5, 0.6) is 0 Å². The fourth-order valence-electron chi connectivity index (χ4n) is 3.30. The molecule has 1 fully saturated rings. The third kappa shape index (κ3) is 5.16. The average Bonchev–Trinajstić information content (AvgIpc) is 3.56. The second-order valence-electron chi connectivity index (χ2n) is 7.45. The highest BCUT2D eigenvalue weighted by Gasteiger charge is 2.27. The Balaban J connectivity index is 1.68. The Kier molecular flexibility index (Phi) is 6.59. The Morgan fingerprint density at radius 3 is 2.45 bits per heavy atom. The Morgan fingerprint density at radius 1 is 1.14 bits per heavy atom. The van der Waals surface area contributed by atoms with Crippen LogP contribution in [-0.4, -0.2) is 51.9 Å². The van der Waals surface area contributed by atoms with Gasteiger partial charge in [-0.1, -0.05) is 30.7 Å². The van der Waals surface area contributed by atoms with Gasteiger partial charge < -0.3 is 5.32 Å². The van der Waals surface area contributed by atoms with Gasteiger partial charge in [0.25, 0.3) is 15.9 Å². The van der Waals surface area contributed by atoms with Gasteiger partial charge in [-0.2, -0.15) is 0 Å².